The lowest BCUT2D eigenvalue weighted by Crippen LogP contribution is -2.63. The number of hydroxylamine groups is 2. The van der Waals surface area contributed by atoms with Gasteiger partial charge in [-0.05, 0) is 92.9 Å². The number of imidazole rings is 1. The molecule has 0 radical (unpaired) electrons. The second kappa shape index (κ2) is 23.5. The number of aromatic nitrogens is 4. The Balaban J connectivity index is 1.21. The lowest BCUT2D eigenvalue weighted by atomic mass is 9.79. The number of nitrogens with one attached hydrogen (secondary N) is 1. The lowest BCUT2D eigenvalue weighted by Gasteiger charge is -2.46. The van der Waals surface area contributed by atoms with E-state index in [1.165, 1.54) is 17.7 Å². The Labute approximate surface area is 437 Å². The van der Waals surface area contributed by atoms with Crippen LogP contribution in [-0.2, 0) is 33.8 Å². The van der Waals surface area contributed by atoms with Gasteiger partial charge in [0.2, 0.25) is 0 Å². The molecule has 2 amide bonds. The van der Waals surface area contributed by atoms with Crippen molar-refractivity contribution in [2.75, 3.05) is 45.9 Å². The molecule has 5 aromatic carbocycles. The van der Waals surface area contributed by atoms with Gasteiger partial charge in [0.25, 0.3) is 20.3 Å². The fourth-order valence-electron chi connectivity index (χ4n) is 9.49. The minimum absolute atomic E-state index is 0.0767. The van der Waals surface area contributed by atoms with Crippen molar-refractivity contribution in [2.45, 2.75) is 75.8 Å². The van der Waals surface area contributed by atoms with E-state index < -0.39 is 50.0 Å². The number of methoxy groups -OCH3 is 2. The summed E-state index contributed by atoms with van der Waals surface area (Å²) in [5.41, 5.74) is 0.355. The van der Waals surface area contributed by atoms with E-state index >= 15 is 0 Å². The highest BCUT2D eigenvalue weighted by Crippen LogP contribution is 2.56. The maximum atomic E-state index is 14.7. The molecular weight excluding hydrogens is 976 g/mol. The summed E-state index contributed by atoms with van der Waals surface area (Å²) in [7, 11) is 1.26. The second-order valence-corrected chi connectivity index (χ2v) is 19.8. The van der Waals surface area contributed by atoms with Crippen molar-refractivity contribution in [3.8, 4) is 23.3 Å². The van der Waals surface area contributed by atoms with E-state index in [0.717, 1.165) is 16.7 Å². The molecule has 7 aromatic rings. The fraction of sp³-hybridized carbons (Fsp3) is 0.321. The highest BCUT2D eigenvalue weighted by molar-refractivity contribution is 7.44. The summed E-state index contributed by atoms with van der Waals surface area (Å²) in [4.78, 5) is 48.8. The molecule has 2 bridgehead atoms. The van der Waals surface area contributed by atoms with Crippen LogP contribution in [0, 0.1) is 11.3 Å². The SMILES string of the molecule is COc1ccc(C(OC[C@@]23CN(C(=O)COc4ccccc4)O[C@@H]([C@H](n4cnc5c(NC(=O)c6ccccc6)ncnc54)O2)[C@@H]3OP(OCCC#N)N(C(C)C)C(C)C)(c2ccccc2)c2ccc(OC)cc2)cc1. The minimum atomic E-state index is -1.97. The second-order valence-electron chi connectivity index (χ2n) is 18.4. The van der Waals surface area contributed by atoms with Crippen molar-refractivity contribution in [3.05, 3.63) is 174 Å². The van der Waals surface area contributed by atoms with Gasteiger partial charge in [0.05, 0.1) is 52.8 Å². The third-order valence-electron chi connectivity index (χ3n) is 13.0. The Morgan fingerprint density at radius 2 is 1.41 bits per heavy atom. The van der Waals surface area contributed by atoms with Crippen molar-refractivity contribution in [3.63, 3.8) is 0 Å². The number of nitrogens with zero attached hydrogens (tertiary/aromatic N) is 7. The van der Waals surface area contributed by atoms with Gasteiger partial charge in [0.15, 0.2) is 35.9 Å². The first-order valence-corrected chi connectivity index (χ1v) is 25.7. The number of hydrogen-bond donors (Lipinski definition) is 1. The van der Waals surface area contributed by atoms with Crippen LogP contribution in [0.15, 0.2) is 152 Å². The number of ether oxygens (including phenoxy) is 5. The molecule has 2 aliphatic heterocycles. The third-order valence-corrected chi connectivity index (χ3v) is 15.1. The molecule has 5 atom stereocenters. The van der Waals surface area contributed by atoms with Crippen LogP contribution in [0.25, 0.3) is 11.2 Å². The number of fused-ring (bicyclic) bond motifs is 3. The van der Waals surface area contributed by atoms with Crippen LogP contribution in [0.5, 0.6) is 17.2 Å². The van der Waals surface area contributed by atoms with Gasteiger partial charge >= 0.3 is 0 Å². The number of anilines is 1. The molecule has 9 rings (SSSR count). The van der Waals surface area contributed by atoms with Gasteiger partial charge in [-0.2, -0.15) is 5.26 Å². The molecule has 1 unspecified atom stereocenters. The number of benzene rings is 5. The Bertz CT molecular complexity index is 3000. The van der Waals surface area contributed by atoms with Crippen LogP contribution < -0.4 is 19.5 Å². The van der Waals surface area contributed by atoms with Gasteiger partial charge in [0.1, 0.15) is 40.9 Å². The molecule has 75 heavy (non-hydrogen) atoms. The first-order valence-electron chi connectivity index (χ1n) is 24.6. The number of nitriles is 1. The van der Waals surface area contributed by atoms with Gasteiger partial charge in [-0.15, -0.1) is 0 Å². The van der Waals surface area contributed by atoms with Gasteiger partial charge in [-0.3, -0.25) is 19.0 Å². The number of carbonyl (C=O) groups excluding carboxylic acids is 2. The fourth-order valence-corrected chi connectivity index (χ4v) is 11.3. The maximum Gasteiger partial charge on any atom is 0.284 e. The summed E-state index contributed by atoms with van der Waals surface area (Å²) in [6.07, 6.45) is -0.314. The largest absolute Gasteiger partial charge is 0.497 e. The summed E-state index contributed by atoms with van der Waals surface area (Å²) in [5.74, 6) is 1.06. The van der Waals surface area contributed by atoms with Crippen molar-refractivity contribution in [1.82, 2.24) is 29.3 Å². The summed E-state index contributed by atoms with van der Waals surface area (Å²) in [5, 5.41) is 13.8. The predicted octanol–water partition coefficient (Wildman–Crippen LogP) is 9.25. The van der Waals surface area contributed by atoms with Gasteiger partial charge in [-0.25, -0.2) is 24.7 Å². The van der Waals surface area contributed by atoms with Crippen LogP contribution in [0.2, 0.25) is 0 Å². The first-order chi connectivity index (χ1) is 36.5. The molecule has 2 aromatic heterocycles. The molecule has 0 aliphatic carbocycles. The quantitative estimate of drug-likeness (QED) is 0.0383. The van der Waals surface area contributed by atoms with E-state index in [-0.39, 0.29) is 56.2 Å². The number of hydrogen-bond acceptors (Lipinski definition) is 15. The summed E-state index contributed by atoms with van der Waals surface area (Å²) >= 11 is 0. The monoisotopic (exact) mass is 1030 g/mol. The first kappa shape index (κ1) is 52.5. The van der Waals surface area contributed by atoms with E-state index in [4.69, 9.17) is 42.6 Å². The van der Waals surface area contributed by atoms with Crippen LogP contribution >= 0.6 is 8.53 Å². The topological polar surface area (TPSA) is 194 Å². The molecule has 4 heterocycles. The zero-order valence-electron chi connectivity index (χ0n) is 42.5. The van der Waals surface area contributed by atoms with Crippen LogP contribution in [-0.4, -0.2) is 112 Å². The Morgan fingerprint density at radius 3 is 2.01 bits per heavy atom. The number of rotatable bonds is 22. The van der Waals surface area contributed by atoms with Crippen molar-refractivity contribution in [1.29, 1.82) is 5.26 Å². The highest BCUT2D eigenvalue weighted by atomic mass is 31.2. The molecule has 2 saturated heterocycles. The standard InChI is InChI=1S/C56H59N8O10P/c1-38(2)64(39(3)4)75(71-32-16-31-57)74-50-49-54(62-37-60-48-51(58-36-59-52(48)62)61-53(66)40-17-10-7-11-18-40)72-55(50,34-63(73-49)47(65)33-69-46-21-14-9-15-22-46)35-70-56(41-19-12-8-13-20-41,42-23-27-44(67-5)28-24-42)43-25-29-45(68-6)30-26-43/h7-15,17-30,36-39,49-50,54H,16,32-35H2,1-6H3,(H,58,59,61,66)/t49-,50+,54-,55-,75?/m1/s1. The van der Waals surface area contributed by atoms with E-state index in [1.807, 2.05) is 131 Å². The summed E-state index contributed by atoms with van der Waals surface area (Å²) in [6.45, 7) is 7.45. The van der Waals surface area contributed by atoms with E-state index in [1.54, 1.807) is 55.2 Å². The molecular formula is C56H59N8O10P. The third kappa shape index (κ3) is 11.1. The molecule has 2 fully saturated rings. The minimum Gasteiger partial charge on any atom is -0.497 e. The van der Waals surface area contributed by atoms with Crippen LogP contribution in [0.3, 0.4) is 0 Å². The Morgan fingerprint density at radius 1 is 0.813 bits per heavy atom. The highest BCUT2D eigenvalue weighted by Gasteiger charge is 2.65. The molecule has 18 nitrogen and oxygen atoms in total. The average molecular weight is 1040 g/mol. The van der Waals surface area contributed by atoms with Crippen molar-refractivity contribution < 1.29 is 47.2 Å². The van der Waals surface area contributed by atoms with Gasteiger partial charge < -0.3 is 38.0 Å². The molecule has 0 saturated carbocycles. The Hall–Kier alpha value is -7.33. The smallest absolute Gasteiger partial charge is 0.284 e. The zero-order valence-corrected chi connectivity index (χ0v) is 43.4. The van der Waals surface area contributed by atoms with Gasteiger partial charge in [0, 0.05) is 17.6 Å². The Kier molecular flexibility index (Phi) is 16.4. The van der Waals surface area contributed by atoms with Crippen molar-refractivity contribution in [2.24, 2.45) is 0 Å². The number of amides is 2. The molecule has 19 heteroatoms. The average Bonchev–Trinajstić information content (AvgIpc) is 3.97. The summed E-state index contributed by atoms with van der Waals surface area (Å²) in [6, 6.07) is 45.0. The molecule has 0 spiro atoms. The lowest BCUT2D eigenvalue weighted by molar-refractivity contribution is -0.260. The van der Waals surface area contributed by atoms with Gasteiger partial charge in [-0.1, -0.05) is 91.0 Å². The maximum absolute atomic E-state index is 14.7. The van der Waals surface area contributed by atoms with E-state index in [2.05, 4.69) is 26.0 Å². The summed E-state index contributed by atoms with van der Waals surface area (Å²) < 4.78 is 50.2. The van der Waals surface area contributed by atoms with Crippen LogP contribution in [0.1, 0.15) is 67.4 Å². The molecule has 2 aliphatic rings. The normalized spacial score (nSPS) is 18.8. The van der Waals surface area contributed by atoms with E-state index in [0.29, 0.717) is 28.5 Å². The predicted molar refractivity (Wildman–Crippen MR) is 279 cm³/mol. The number of para-hydroxylation sites is 1. The van der Waals surface area contributed by atoms with E-state index in [9.17, 15) is 14.9 Å². The molecule has 1 N–H and O–H groups in total. The number of carbonyl (C=O) groups is 2. The van der Waals surface area contributed by atoms with Crippen molar-refractivity contribution >= 4 is 37.3 Å². The zero-order chi connectivity index (χ0) is 52.5. The molecule has 388 valence electrons. The van der Waals surface area contributed by atoms with Crippen LogP contribution in [0.4, 0.5) is 5.82 Å².